The summed E-state index contributed by atoms with van der Waals surface area (Å²) in [5.41, 5.74) is 1.73. The van der Waals surface area contributed by atoms with Gasteiger partial charge in [-0.2, -0.15) is 0 Å². The van der Waals surface area contributed by atoms with Gasteiger partial charge >= 0.3 is 0 Å². The minimum Gasteiger partial charge on any atom is -0.321 e. The number of carbonyl (C=O) groups excluding carboxylic acids is 1. The van der Waals surface area contributed by atoms with E-state index in [0.29, 0.717) is 32.5 Å². The van der Waals surface area contributed by atoms with Gasteiger partial charge in [0.15, 0.2) is 0 Å². The third-order valence-electron chi connectivity index (χ3n) is 4.24. The van der Waals surface area contributed by atoms with Crippen LogP contribution in [0, 0.1) is 5.82 Å². The van der Waals surface area contributed by atoms with E-state index in [0.717, 1.165) is 6.26 Å². The van der Waals surface area contributed by atoms with E-state index in [-0.39, 0.29) is 6.54 Å². The van der Waals surface area contributed by atoms with Gasteiger partial charge < -0.3 is 5.32 Å². The smallest absolute Gasteiger partial charge is 0.255 e. The van der Waals surface area contributed by atoms with E-state index in [1.807, 2.05) is 0 Å². The van der Waals surface area contributed by atoms with Crippen LogP contribution in [0.15, 0.2) is 66.7 Å². The number of halogens is 3. The van der Waals surface area contributed by atoms with Gasteiger partial charge in [-0.3, -0.25) is 9.10 Å². The molecule has 5 nitrogen and oxygen atoms in total. The molecule has 9 heteroatoms. The first-order valence-electron chi connectivity index (χ1n) is 8.72. The molecule has 3 aromatic carbocycles. The quantitative estimate of drug-likeness (QED) is 0.532. The standard InChI is InChI=1S/C21H17Cl2FN2O3S/c1-30(28,29)26(13-14-2-7-17(24)8-3-14)18-9-4-15(5-10-18)21(27)25-20-11-6-16(22)12-19(20)23/h2-12H,13H2,1H3,(H,25,27). The van der Waals surface area contributed by atoms with Crippen LogP contribution in [0.2, 0.25) is 10.0 Å². The fourth-order valence-electron chi connectivity index (χ4n) is 2.72. The van der Waals surface area contributed by atoms with E-state index >= 15 is 0 Å². The van der Waals surface area contributed by atoms with Crippen LogP contribution in [-0.4, -0.2) is 20.6 Å². The van der Waals surface area contributed by atoms with Crippen molar-refractivity contribution in [1.82, 2.24) is 0 Å². The Bertz CT molecular complexity index is 1170. The molecule has 0 heterocycles. The zero-order valence-electron chi connectivity index (χ0n) is 15.8. The maximum Gasteiger partial charge on any atom is 0.255 e. The van der Waals surface area contributed by atoms with Crippen molar-refractivity contribution in [1.29, 1.82) is 0 Å². The first kappa shape index (κ1) is 22.1. The lowest BCUT2D eigenvalue weighted by molar-refractivity contribution is 0.102. The van der Waals surface area contributed by atoms with Crippen LogP contribution in [0.25, 0.3) is 0 Å². The van der Waals surface area contributed by atoms with E-state index < -0.39 is 21.7 Å². The first-order valence-corrected chi connectivity index (χ1v) is 11.3. The van der Waals surface area contributed by atoms with Crippen LogP contribution in [0.5, 0.6) is 0 Å². The number of hydrogen-bond donors (Lipinski definition) is 1. The minimum atomic E-state index is -3.61. The maximum atomic E-state index is 13.1. The zero-order valence-corrected chi connectivity index (χ0v) is 18.1. The number of sulfonamides is 1. The van der Waals surface area contributed by atoms with Crippen molar-refractivity contribution in [3.05, 3.63) is 93.7 Å². The summed E-state index contributed by atoms with van der Waals surface area (Å²) in [6.07, 6.45) is 1.08. The third-order valence-corrected chi connectivity index (χ3v) is 5.92. The molecule has 0 aliphatic rings. The van der Waals surface area contributed by atoms with E-state index in [1.165, 1.54) is 58.9 Å². The zero-order chi connectivity index (χ0) is 21.9. The van der Waals surface area contributed by atoms with Crippen LogP contribution in [0.3, 0.4) is 0 Å². The van der Waals surface area contributed by atoms with Crippen molar-refractivity contribution in [2.75, 3.05) is 15.9 Å². The van der Waals surface area contributed by atoms with Gasteiger partial charge in [0.1, 0.15) is 5.82 Å². The van der Waals surface area contributed by atoms with Crippen molar-refractivity contribution < 1.29 is 17.6 Å². The molecule has 0 atom stereocenters. The van der Waals surface area contributed by atoms with Crippen LogP contribution < -0.4 is 9.62 Å². The first-order chi connectivity index (χ1) is 14.1. The Morgan fingerprint density at radius 1 is 1.00 bits per heavy atom. The molecule has 0 radical (unpaired) electrons. The molecular weight excluding hydrogens is 450 g/mol. The van der Waals surface area contributed by atoms with Gasteiger partial charge in [0.25, 0.3) is 5.91 Å². The number of nitrogens with zero attached hydrogens (tertiary/aromatic N) is 1. The number of benzene rings is 3. The molecule has 0 saturated carbocycles. The Hall–Kier alpha value is -2.61. The highest BCUT2D eigenvalue weighted by atomic mass is 35.5. The number of hydrogen-bond acceptors (Lipinski definition) is 3. The summed E-state index contributed by atoms with van der Waals surface area (Å²) in [7, 11) is -3.61. The monoisotopic (exact) mass is 466 g/mol. The molecule has 30 heavy (non-hydrogen) atoms. The molecule has 0 aliphatic heterocycles. The van der Waals surface area contributed by atoms with E-state index in [9.17, 15) is 17.6 Å². The summed E-state index contributed by atoms with van der Waals surface area (Å²) in [4.78, 5) is 12.5. The fourth-order valence-corrected chi connectivity index (χ4v) is 4.06. The molecule has 0 saturated heterocycles. The Morgan fingerprint density at radius 2 is 1.63 bits per heavy atom. The average molecular weight is 467 g/mol. The third kappa shape index (κ3) is 5.50. The summed E-state index contributed by atoms with van der Waals surface area (Å²) in [6, 6.07) is 16.4. The minimum absolute atomic E-state index is 0.0328. The molecule has 0 unspecified atom stereocenters. The number of amides is 1. The maximum absolute atomic E-state index is 13.1. The van der Waals surface area contributed by atoms with Crippen molar-refractivity contribution in [3.8, 4) is 0 Å². The van der Waals surface area contributed by atoms with Crippen LogP contribution in [0.4, 0.5) is 15.8 Å². The van der Waals surface area contributed by atoms with Crippen LogP contribution in [0.1, 0.15) is 15.9 Å². The van der Waals surface area contributed by atoms with Crippen molar-refractivity contribution in [2.45, 2.75) is 6.54 Å². The normalized spacial score (nSPS) is 11.2. The molecule has 0 fully saturated rings. The second kappa shape index (κ2) is 9.04. The van der Waals surface area contributed by atoms with Gasteiger partial charge in [0.2, 0.25) is 10.0 Å². The molecular formula is C21H17Cl2FN2O3S. The van der Waals surface area contributed by atoms with Gasteiger partial charge in [0.05, 0.1) is 29.2 Å². The van der Waals surface area contributed by atoms with Gasteiger partial charge in [-0.05, 0) is 60.2 Å². The highest BCUT2D eigenvalue weighted by Crippen LogP contribution is 2.26. The molecule has 0 bridgehead atoms. The van der Waals surface area contributed by atoms with Crippen molar-refractivity contribution in [3.63, 3.8) is 0 Å². The fraction of sp³-hybridized carbons (Fsp3) is 0.0952. The van der Waals surface area contributed by atoms with E-state index in [1.54, 1.807) is 12.1 Å². The number of rotatable bonds is 6. The Kier molecular flexibility index (Phi) is 6.65. The number of nitrogens with one attached hydrogen (secondary N) is 1. The van der Waals surface area contributed by atoms with E-state index in [2.05, 4.69) is 5.32 Å². The number of anilines is 2. The molecule has 3 aromatic rings. The Balaban J connectivity index is 1.80. The van der Waals surface area contributed by atoms with Gasteiger partial charge in [-0.1, -0.05) is 35.3 Å². The van der Waals surface area contributed by atoms with Gasteiger partial charge in [-0.15, -0.1) is 0 Å². The topological polar surface area (TPSA) is 66.5 Å². The van der Waals surface area contributed by atoms with Gasteiger partial charge in [-0.25, -0.2) is 12.8 Å². The van der Waals surface area contributed by atoms with Crippen molar-refractivity contribution in [2.24, 2.45) is 0 Å². The van der Waals surface area contributed by atoms with Gasteiger partial charge in [0, 0.05) is 10.6 Å². The van der Waals surface area contributed by atoms with Crippen molar-refractivity contribution >= 4 is 50.5 Å². The molecule has 1 N–H and O–H groups in total. The molecule has 3 rings (SSSR count). The lowest BCUT2D eigenvalue weighted by atomic mass is 10.1. The highest BCUT2D eigenvalue weighted by molar-refractivity contribution is 7.92. The van der Waals surface area contributed by atoms with Crippen LogP contribution >= 0.6 is 23.2 Å². The average Bonchev–Trinajstić information content (AvgIpc) is 2.69. The number of carbonyl (C=O) groups is 1. The second-order valence-corrected chi connectivity index (χ2v) is 9.27. The van der Waals surface area contributed by atoms with E-state index in [4.69, 9.17) is 23.2 Å². The van der Waals surface area contributed by atoms with Crippen LogP contribution in [-0.2, 0) is 16.6 Å². The molecule has 0 aliphatic carbocycles. The predicted octanol–water partition coefficient (Wildman–Crippen LogP) is 5.35. The second-order valence-electron chi connectivity index (χ2n) is 6.52. The predicted molar refractivity (Wildman–Crippen MR) is 118 cm³/mol. The summed E-state index contributed by atoms with van der Waals surface area (Å²) < 4.78 is 38.8. The lowest BCUT2D eigenvalue weighted by Gasteiger charge is -2.22. The molecule has 156 valence electrons. The molecule has 0 spiro atoms. The Labute approximate surface area is 184 Å². The highest BCUT2D eigenvalue weighted by Gasteiger charge is 2.19. The summed E-state index contributed by atoms with van der Waals surface area (Å²) in [5, 5.41) is 3.43. The lowest BCUT2D eigenvalue weighted by Crippen LogP contribution is -2.29. The largest absolute Gasteiger partial charge is 0.321 e. The summed E-state index contributed by atoms with van der Waals surface area (Å²) >= 11 is 11.9. The molecule has 0 aromatic heterocycles. The Morgan fingerprint density at radius 3 is 2.20 bits per heavy atom. The SMILES string of the molecule is CS(=O)(=O)N(Cc1ccc(F)cc1)c1ccc(C(=O)Nc2ccc(Cl)cc2Cl)cc1. The molecule has 1 amide bonds. The summed E-state index contributed by atoms with van der Waals surface area (Å²) in [6.45, 7) is 0.0328. The summed E-state index contributed by atoms with van der Waals surface area (Å²) in [5.74, 6) is -0.809.